The van der Waals surface area contributed by atoms with E-state index in [0.29, 0.717) is 0 Å². The highest BCUT2D eigenvalue weighted by Crippen LogP contribution is 1.90. The van der Waals surface area contributed by atoms with E-state index in [1.807, 2.05) is 0 Å². The number of rotatable bonds is 2. The number of aliphatic hydroxyl groups is 1. The summed E-state index contributed by atoms with van der Waals surface area (Å²) in [5.41, 5.74) is 0. The molecule has 0 fully saturated rings. The van der Waals surface area contributed by atoms with Crippen LogP contribution in [0.3, 0.4) is 0 Å². The highest BCUT2D eigenvalue weighted by molar-refractivity contribution is 5.59. The SMILES string of the molecule is CC(C)OC(=O)OCO. The first kappa shape index (κ1) is 8.23. The fourth-order valence-corrected chi connectivity index (χ4v) is 0.279. The Bertz CT molecular complexity index is 89.0. The van der Waals surface area contributed by atoms with Crippen LogP contribution in [0.5, 0.6) is 0 Å². The normalized spacial score (nSPS) is 9.33. The van der Waals surface area contributed by atoms with Crippen LogP contribution in [0.15, 0.2) is 0 Å². The summed E-state index contributed by atoms with van der Waals surface area (Å²) >= 11 is 0. The van der Waals surface area contributed by atoms with Gasteiger partial charge in [0.1, 0.15) is 0 Å². The van der Waals surface area contributed by atoms with Gasteiger partial charge < -0.3 is 14.6 Å². The molecule has 0 spiro atoms. The van der Waals surface area contributed by atoms with E-state index in [1.165, 1.54) is 0 Å². The molecule has 0 rings (SSSR count). The minimum absolute atomic E-state index is 0.205. The lowest BCUT2D eigenvalue weighted by atomic mass is 10.5. The Labute approximate surface area is 53.4 Å². The lowest BCUT2D eigenvalue weighted by molar-refractivity contribution is -0.0171. The van der Waals surface area contributed by atoms with Gasteiger partial charge in [-0.3, -0.25) is 0 Å². The predicted octanol–water partition coefficient (Wildman–Crippen LogP) is 0.498. The largest absolute Gasteiger partial charge is 0.510 e. The fourth-order valence-electron chi connectivity index (χ4n) is 0.279. The molecule has 4 heteroatoms. The van der Waals surface area contributed by atoms with E-state index in [9.17, 15) is 4.79 Å². The summed E-state index contributed by atoms with van der Waals surface area (Å²) in [7, 11) is 0. The molecule has 0 unspecified atom stereocenters. The molecule has 1 N–H and O–H groups in total. The Kier molecular flexibility index (Phi) is 3.79. The van der Waals surface area contributed by atoms with Crippen molar-refractivity contribution in [3.8, 4) is 0 Å². The molecule has 0 aliphatic rings. The molecule has 0 saturated carbocycles. The Morgan fingerprint density at radius 2 is 2.22 bits per heavy atom. The highest BCUT2D eigenvalue weighted by atomic mass is 16.8. The molecule has 0 saturated heterocycles. The van der Waals surface area contributed by atoms with Crippen molar-refractivity contribution in [1.82, 2.24) is 0 Å². The average molecular weight is 134 g/mol. The van der Waals surface area contributed by atoms with Gasteiger partial charge >= 0.3 is 6.16 Å². The molecule has 54 valence electrons. The molecule has 0 amide bonds. The van der Waals surface area contributed by atoms with Gasteiger partial charge in [-0.1, -0.05) is 0 Å². The van der Waals surface area contributed by atoms with Gasteiger partial charge in [-0.05, 0) is 13.8 Å². The van der Waals surface area contributed by atoms with Gasteiger partial charge in [-0.15, -0.1) is 0 Å². The van der Waals surface area contributed by atoms with Gasteiger partial charge in [-0.2, -0.15) is 0 Å². The Morgan fingerprint density at radius 1 is 1.67 bits per heavy atom. The minimum Gasteiger partial charge on any atom is -0.432 e. The van der Waals surface area contributed by atoms with Gasteiger partial charge in [-0.25, -0.2) is 4.79 Å². The number of aliphatic hydroxyl groups excluding tert-OH is 1. The van der Waals surface area contributed by atoms with E-state index in [4.69, 9.17) is 5.11 Å². The van der Waals surface area contributed by atoms with Crippen molar-refractivity contribution in [3.05, 3.63) is 0 Å². The maximum atomic E-state index is 10.2. The highest BCUT2D eigenvalue weighted by Gasteiger charge is 2.03. The van der Waals surface area contributed by atoms with Crippen molar-refractivity contribution >= 4 is 6.16 Å². The maximum Gasteiger partial charge on any atom is 0.510 e. The zero-order valence-electron chi connectivity index (χ0n) is 5.46. The topological polar surface area (TPSA) is 55.8 Å². The lowest BCUT2D eigenvalue weighted by Gasteiger charge is -2.05. The minimum atomic E-state index is -0.840. The quantitative estimate of drug-likeness (QED) is 0.441. The molecule has 0 heterocycles. The molecule has 0 atom stereocenters. The van der Waals surface area contributed by atoms with Crippen LogP contribution in [0.2, 0.25) is 0 Å². The molecule has 4 nitrogen and oxygen atoms in total. The van der Waals surface area contributed by atoms with Gasteiger partial charge in [0.05, 0.1) is 6.10 Å². The molecule has 0 aromatic rings. The van der Waals surface area contributed by atoms with Crippen LogP contribution in [0.4, 0.5) is 4.79 Å². The first-order valence-corrected chi connectivity index (χ1v) is 2.61. The van der Waals surface area contributed by atoms with Gasteiger partial charge in [0, 0.05) is 0 Å². The Hall–Kier alpha value is -0.770. The Morgan fingerprint density at radius 3 is 2.56 bits per heavy atom. The molecule has 0 aliphatic carbocycles. The maximum absolute atomic E-state index is 10.2. The van der Waals surface area contributed by atoms with Gasteiger partial charge in [0.25, 0.3) is 0 Å². The number of hydrogen-bond donors (Lipinski definition) is 1. The summed E-state index contributed by atoms with van der Waals surface area (Å²) < 4.78 is 8.52. The lowest BCUT2D eigenvalue weighted by Crippen LogP contribution is -2.13. The van der Waals surface area contributed by atoms with E-state index >= 15 is 0 Å². The zero-order chi connectivity index (χ0) is 7.28. The molecule has 0 bridgehead atoms. The summed E-state index contributed by atoms with van der Waals surface area (Å²) in [6.07, 6.45) is -1.04. The van der Waals surface area contributed by atoms with Gasteiger partial charge in [0.2, 0.25) is 0 Å². The summed E-state index contributed by atoms with van der Waals surface area (Å²) in [6, 6.07) is 0. The van der Waals surface area contributed by atoms with Crippen molar-refractivity contribution in [2.75, 3.05) is 6.79 Å². The van der Waals surface area contributed by atoms with Crippen LogP contribution in [0.25, 0.3) is 0 Å². The molecule has 9 heavy (non-hydrogen) atoms. The first-order chi connectivity index (χ1) is 4.16. The number of hydrogen-bond acceptors (Lipinski definition) is 4. The van der Waals surface area contributed by atoms with Crippen LogP contribution in [0.1, 0.15) is 13.8 Å². The summed E-state index contributed by atoms with van der Waals surface area (Å²) in [5.74, 6) is 0. The molecular formula is C5H10O4. The average Bonchev–Trinajstić information content (AvgIpc) is 1.63. The standard InChI is InChI=1S/C5H10O4/c1-4(2)9-5(7)8-3-6/h4,6H,3H2,1-2H3. The third-order valence-electron chi connectivity index (χ3n) is 0.514. The van der Waals surface area contributed by atoms with Crippen LogP contribution in [-0.4, -0.2) is 24.2 Å². The second-order valence-corrected chi connectivity index (χ2v) is 1.69. The van der Waals surface area contributed by atoms with E-state index in [0.717, 1.165) is 0 Å². The summed E-state index contributed by atoms with van der Waals surface area (Å²) in [6.45, 7) is 2.75. The number of ether oxygens (including phenoxy) is 2. The monoisotopic (exact) mass is 134 g/mol. The third-order valence-corrected chi connectivity index (χ3v) is 0.514. The van der Waals surface area contributed by atoms with Crippen molar-refractivity contribution in [1.29, 1.82) is 0 Å². The van der Waals surface area contributed by atoms with Crippen molar-refractivity contribution < 1.29 is 19.4 Å². The van der Waals surface area contributed by atoms with E-state index in [-0.39, 0.29) is 6.10 Å². The fraction of sp³-hybridized carbons (Fsp3) is 0.800. The van der Waals surface area contributed by atoms with Crippen LogP contribution < -0.4 is 0 Å². The molecule has 0 aromatic carbocycles. The second-order valence-electron chi connectivity index (χ2n) is 1.69. The number of carbonyl (C=O) groups is 1. The smallest absolute Gasteiger partial charge is 0.432 e. The van der Waals surface area contributed by atoms with E-state index in [2.05, 4.69) is 9.47 Å². The first-order valence-electron chi connectivity index (χ1n) is 2.61. The van der Waals surface area contributed by atoms with Crippen molar-refractivity contribution in [3.63, 3.8) is 0 Å². The molecule has 0 aliphatic heterocycles. The predicted molar refractivity (Wildman–Crippen MR) is 29.8 cm³/mol. The second kappa shape index (κ2) is 4.14. The molecule has 0 radical (unpaired) electrons. The third kappa shape index (κ3) is 5.10. The van der Waals surface area contributed by atoms with Crippen LogP contribution in [0, 0.1) is 0 Å². The summed E-state index contributed by atoms with van der Waals surface area (Å²) in [4.78, 5) is 10.2. The van der Waals surface area contributed by atoms with Crippen LogP contribution in [-0.2, 0) is 9.47 Å². The van der Waals surface area contributed by atoms with Crippen molar-refractivity contribution in [2.24, 2.45) is 0 Å². The van der Waals surface area contributed by atoms with E-state index in [1.54, 1.807) is 13.8 Å². The molecular weight excluding hydrogens is 124 g/mol. The van der Waals surface area contributed by atoms with Crippen molar-refractivity contribution in [2.45, 2.75) is 20.0 Å². The van der Waals surface area contributed by atoms with Gasteiger partial charge in [0.15, 0.2) is 6.79 Å². The number of carbonyl (C=O) groups excluding carboxylic acids is 1. The Balaban J connectivity index is 3.27. The zero-order valence-corrected chi connectivity index (χ0v) is 5.46. The summed E-state index contributed by atoms with van der Waals surface area (Å²) in [5, 5.41) is 8.03. The van der Waals surface area contributed by atoms with E-state index < -0.39 is 12.9 Å². The van der Waals surface area contributed by atoms with Crippen LogP contribution >= 0.6 is 0 Å². The molecule has 0 aromatic heterocycles.